The predicted molar refractivity (Wildman–Crippen MR) is 83.8 cm³/mol. The van der Waals surface area contributed by atoms with E-state index in [0.29, 0.717) is 16.5 Å². The molecule has 20 heavy (non-hydrogen) atoms. The Morgan fingerprint density at radius 1 is 1.25 bits per heavy atom. The van der Waals surface area contributed by atoms with E-state index in [1.807, 2.05) is 13.0 Å². The third kappa shape index (κ3) is 3.26. The second-order valence-corrected chi connectivity index (χ2v) is 5.85. The van der Waals surface area contributed by atoms with Crippen LogP contribution in [-0.2, 0) is 6.42 Å². The minimum Gasteiger partial charge on any atom is -0.271 e. The molecule has 2 rings (SSSR count). The van der Waals surface area contributed by atoms with Crippen LogP contribution in [0.15, 0.2) is 40.9 Å². The molecule has 0 aliphatic carbocycles. The average molecular weight is 337 g/mol. The number of hydrogen-bond donors (Lipinski definition) is 2. The SMILES string of the molecule is Cc1ccc(C)c(CC(NN)c2cccc(Br)c2F)c1. The van der Waals surface area contributed by atoms with Gasteiger partial charge in [-0.1, -0.05) is 35.9 Å². The van der Waals surface area contributed by atoms with Crippen molar-refractivity contribution in [3.05, 3.63) is 68.9 Å². The van der Waals surface area contributed by atoms with Crippen LogP contribution in [0.4, 0.5) is 4.39 Å². The summed E-state index contributed by atoms with van der Waals surface area (Å²) < 4.78 is 14.6. The van der Waals surface area contributed by atoms with Crippen molar-refractivity contribution in [3.8, 4) is 0 Å². The average Bonchev–Trinajstić information content (AvgIpc) is 2.43. The number of hydrazine groups is 1. The molecule has 106 valence electrons. The molecule has 0 aliphatic rings. The molecule has 0 amide bonds. The molecular weight excluding hydrogens is 319 g/mol. The van der Waals surface area contributed by atoms with Crippen molar-refractivity contribution in [2.75, 3.05) is 0 Å². The number of rotatable bonds is 4. The van der Waals surface area contributed by atoms with E-state index < -0.39 is 0 Å². The van der Waals surface area contributed by atoms with Crippen molar-refractivity contribution in [1.29, 1.82) is 0 Å². The van der Waals surface area contributed by atoms with Crippen molar-refractivity contribution in [1.82, 2.24) is 5.43 Å². The molecule has 3 N–H and O–H groups in total. The van der Waals surface area contributed by atoms with Crippen molar-refractivity contribution >= 4 is 15.9 Å². The second-order valence-electron chi connectivity index (χ2n) is 5.00. The molecule has 0 saturated heterocycles. The van der Waals surface area contributed by atoms with Gasteiger partial charge in [-0.15, -0.1) is 0 Å². The monoisotopic (exact) mass is 336 g/mol. The lowest BCUT2D eigenvalue weighted by Gasteiger charge is -2.19. The van der Waals surface area contributed by atoms with Crippen LogP contribution in [0.2, 0.25) is 0 Å². The smallest absolute Gasteiger partial charge is 0.142 e. The Bertz CT molecular complexity index is 613. The highest BCUT2D eigenvalue weighted by molar-refractivity contribution is 9.10. The van der Waals surface area contributed by atoms with E-state index in [4.69, 9.17) is 5.84 Å². The molecule has 2 aromatic rings. The first-order valence-electron chi connectivity index (χ1n) is 6.49. The number of hydrogen-bond acceptors (Lipinski definition) is 2. The third-order valence-corrected chi connectivity index (χ3v) is 4.10. The maximum atomic E-state index is 14.2. The van der Waals surface area contributed by atoms with Crippen LogP contribution in [0, 0.1) is 19.7 Å². The lowest BCUT2D eigenvalue weighted by Crippen LogP contribution is -2.30. The Hall–Kier alpha value is -1.23. The molecule has 0 bridgehead atoms. The van der Waals surface area contributed by atoms with Crippen molar-refractivity contribution in [3.63, 3.8) is 0 Å². The second kappa shape index (κ2) is 6.48. The summed E-state index contributed by atoms with van der Waals surface area (Å²) in [4.78, 5) is 0. The van der Waals surface area contributed by atoms with Gasteiger partial charge < -0.3 is 0 Å². The number of aryl methyl sites for hydroxylation is 2. The molecule has 0 fully saturated rings. The van der Waals surface area contributed by atoms with Gasteiger partial charge in [0.05, 0.1) is 10.5 Å². The Morgan fingerprint density at radius 3 is 2.70 bits per heavy atom. The Balaban J connectivity index is 2.34. The fraction of sp³-hybridized carbons (Fsp3) is 0.250. The summed E-state index contributed by atoms with van der Waals surface area (Å²) in [5.41, 5.74) is 6.84. The summed E-state index contributed by atoms with van der Waals surface area (Å²) >= 11 is 3.21. The van der Waals surface area contributed by atoms with E-state index in [-0.39, 0.29) is 11.9 Å². The van der Waals surface area contributed by atoms with Gasteiger partial charge in [0.2, 0.25) is 0 Å². The molecule has 0 aliphatic heterocycles. The quantitative estimate of drug-likeness (QED) is 0.655. The van der Waals surface area contributed by atoms with Gasteiger partial charge in [0.25, 0.3) is 0 Å². The van der Waals surface area contributed by atoms with Crippen LogP contribution >= 0.6 is 15.9 Å². The molecule has 2 nitrogen and oxygen atoms in total. The Labute approximate surface area is 127 Å². The number of nitrogens with two attached hydrogens (primary N) is 1. The third-order valence-electron chi connectivity index (χ3n) is 3.49. The summed E-state index contributed by atoms with van der Waals surface area (Å²) in [5, 5.41) is 0. The minimum absolute atomic E-state index is 0.256. The zero-order chi connectivity index (χ0) is 14.7. The summed E-state index contributed by atoms with van der Waals surface area (Å²) in [6.07, 6.45) is 0.650. The summed E-state index contributed by atoms with van der Waals surface area (Å²) in [6.45, 7) is 4.10. The highest BCUT2D eigenvalue weighted by Crippen LogP contribution is 2.26. The van der Waals surface area contributed by atoms with E-state index >= 15 is 0 Å². The first-order chi connectivity index (χ1) is 9.52. The minimum atomic E-state index is -0.263. The zero-order valence-electron chi connectivity index (χ0n) is 11.6. The largest absolute Gasteiger partial charge is 0.271 e. The van der Waals surface area contributed by atoms with E-state index in [9.17, 15) is 4.39 Å². The van der Waals surface area contributed by atoms with Crippen LogP contribution in [0.3, 0.4) is 0 Å². The van der Waals surface area contributed by atoms with E-state index in [1.165, 1.54) is 16.7 Å². The number of benzene rings is 2. The van der Waals surface area contributed by atoms with Crippen LogP contribution in [0.25, 0.3) is 0 Å². The van der Waals surface area contributed by atoms with E-state index in [1.54, 1.807) is 12.1 Å². The van der Waals surface area contributed by atoms with Crippen LogP contribution in [0.5, 0.6) is 0 Å². The van der Waals surface area contributed by atoms with Gasteiger partial charge in [0.15, 0.2) is 0 Å². The van der Waals surface area contributed by atoms with Gasteiger partial charge in [0, 0.05) is 5.56 Å². The maximum Gasteiger partial charge on any atom is 0.142 e. The van der Waals surface area contributed by atoms with Gasteiger partial charge in [-0.2, -0.15) is 0 Å². The molecular formula is C16H18BrFN2. The summed E-state index contributed by atoms with van der Waals surface area (Å²) in [5.74, 6) is 5.36. The first-order valence-corrected chi connectivity index (χ1v) is 7.28. The van der Waals surface area contributed by atoms with Crippen molar-refractivity contribution in [2.24, 2.45) is 5.84 Å². The zero-order valence-corrected chi connectivity index (χ0v) is 13.2. The highest BCUT2D eigenvalue weighted by atomic mass is 79.9. The standard InChI is InChI=1S/C16H18BrFN2/c1-10-6-7-11(2)12(8-10)9-15(20-19)13-4-3-5-14(17)16(13)18/h3-8,15,20H,9,19H2,1-2H3. The van der Waals surface area contributed by atoms with Crippen LogP contribution in [-0.4, -0.2) is 0 Å². The van der Waals surface area contributed by atoms with Gasteiger partial charge >= 0.3 is 0 Å². The normalized spacial score (nSPS) is 12.4. The molecule has 2 aromatic carbocycles. The molecule has 1 unspecified atom stereocenters. The van der Waals surface area contributed by atoms with Crippen LogP contribution in [0.1, 0.15) is 28.3 Å². The van der Waals surface area contributed by atoms with Crippen molar-refractivity contribution < 1.29 is 4.39 Å². The Morgan fingerprint density at radius 2 is 2.00 bits per heavy atom. The molecule has 0 saturated carbocycles. The highest BCUT2D eigenvalue weighted by Gasteiger charge is 2.17. The van der Waals surface area contributed by atoms with Gasteiger partial charge in [-0.25, -0.2) is 4.39 Å². The number of nitrogens with one attached hydrogen (secondary N) is 1. The first kappa shape index (κ1) is 15.2. The molecule has 1 atom stereocenters. The summed E-state index contributed by atoms with van der Waals surface area (Å²) in [7, 11) is 0. The molecule has 0 spiro atoms. The fourth-order valence-corrected chi connectivity index (χ4v) is 2.67. The lowest BCUT2D eigenvalue weighted by molar-refractivity contribution is 0.507. The summed E-state index contributed by atoms with van der Waals surface area (Å²) in [6, 6.07) is 11.3. The molecule has 4 heteroatoms. The molecule has 0 radical (unpaired) electrons. The van der Waals surface area contributed by atoms with Crippen molar-refractivity contribution in [2.45, 2.75) is 26.3 Å². The van der Waals surface area contributed by atoms with E-state index in [0.717, 1.165) is 0 Å². The number of halogens is 2. The van der Waals surface area contributed by atoms with Gasteiger partial charge in [-0.05, 0) is 53.4 Å². The van der Waals surface area contributed by atoms with Gasteiger partial charge in [0.1, 0.15) is 5.82 Å². The topological polar surface area (TPSA) is 38.0 Å². The predicted octanol–water partition coefficient (Wildman–Crippen LogP) is 3.95. The Kier molecular flexibility index (Phi) is 4.91. The lowest BCUT2D eigenvalue weighted by atomic mass is 9.95. The molecule has 0 aromatic heterocycles. The van der Waals surface area contributed by atoms with Gasteiger partial charge in [-0.3, -0.25) is 11.3 Å². The van der Waals surface area contributed by atoms with Crippen LogP contribution < -0.4 is 11.3 Å². The molecule has 0 heterocycles. The van der Waals surface area contributed by atoms with E-state index in [2.05, 4.69) is 46.5 Å². The fourth-order valence-electron chi connectivity index (χ4n) is 2.29. The maximum absolute atomic E-state index is 14.2.